The van der Waals surface area contributed by atoms with Gasteiger partial charge in [0.1, 0.15) is 0 Å². The van der Waals surface area contributed by atoms with E-state index in [4.69, 9.17) is 10.5 Å². The average Bonchev–Trinajstić information content (AvgIpc) is 2.96. The Morgan fingerprint density at radius 1 is 1.20 bits per heavy atom. The van der Waals surface area contributed by atoms with Crippen molar-refractivity contribution in [3.05, 3.63) is 34.9 Å². The number of morpholine rings is 1. The van der Waals surface area contributed by atoms with E-state index in [9.17, 15) is 0 Å². The molecule has 0 saturated carbocycles. The zero-order valence-electron chi connectivity index (χ0n) is 12.5. The highest BCUT2D eigenvalue weighted by Gasteiger charge is 2.26. The molecule has 1 aliphatic heterocycles. The van der Waals surface area contributed by atoms with E-state index < -0.39 is 0 Å². The minimum Gasteiger partial charge on any atom is -0.379 e. The third-order valence-corrected chi connectivity index (χ3v) is 4.98. The smallest absolute Gasteiger partial charge is 0.0594 e. The number of hydrogen-bond donors (Lipinski definition) is 1. The number of ether oxygens (including phenoxy) is 1. The molecule has 2 N–H and O–H groups in total. The maximum atomic E-state index is 6.07. The molecule has 1 fully saturated rings. The first-order valence-corrected chi connectivity index (χ1v) is 7.93. The van der Waals surface area contributed by atoms with Crippen molar-refractivity contribution in [1.82, 2.24) is 4.90 Å². The van der Waals surface area contributed by atoms with E-state index in [1.54, 1.807) is 11.1 Å². The van der Waals surface area contributed by atoms with Crippen LogP contribution in [0.5, 0.6) is 0 Å². The fraction of sp³-hybridized carbons (Fsp3) is 0.647. The Morgan fingerprint density at radius 3 is 2.70 bits per heavy atom. The molecule has 0 aromatic heterocycles. The molecule has 0 radical (unpaired) electrons. The first-order valence-electron chi connectivity index (χ1n) is 7.93. The van der Waals surface area contributed by atoms with Gasteiger partial charge in [-0.1, -0.05) is 25.1 Å². The SMILES string of the molecule is CC(c1ccc2c(c1)CCC2)C(CN)N1CCOCC1. The first-order chi connectivity index (χ1) is 9.79. The summed E-state index contributed by atoms with van der Waals surface area (Å²) >= 11 is 0. The molecule has 1 aromatic carbocycles. The van der Waals surface area contributed by atoms with E-state index in [1.165, 1.54) is 24.8 Å². The number of aryl methyl sites for hydroxylation is 2. The van der Waals surface area contributed by atoms with E-state index in [-0.39, 0.29) is 0 Å². The Bertz CT molecular complexity index is 454. The minimum atomic E-state index is 0.429. The normalized spacial score (nSPS) is 22.5. The molecular weight excluding hydrogens is 248 g/mol. The standard InChI is InChI=1S/C17H26N2O/c1-13(17(12-18)19-7-9-20-10-8-19)15-6-5-14-3-2-4-16(14)11-15/h5-6,11,13,17H,2-4,7-10,12,18H2,1H3. The van der Waals surface area contributed by atoms with Crippen LogP contribution in [0, 0.1) is 0 Å². The van der Waals surface area contributed by atoms with Gasteiger partial charge >= 0.3 is 0 Å². The van der Waals surface area contributed by atoms with Gasteiger partial charge in [0.05, 0.1) is 13.2 Å². The molecule has 20 heavy (non-hydrogen) atoms. The van der Waals surface area contributed by atoms with Crippen molar-refractivity contribution < 1.29 is 4.74 Å². The van der Waals surface area contributed by atoms with Crippen LogP contribution in [0.15, 0.2) is 18.2 Å². The lowest BCUT2D eigenvalue weighted by Gasteiger charge is -2.37. The molecule has 3 nitrogen and oxygen atoms in total. The van der Waals surface area contributed by atoms with E-state index in [0.29, 0.717) is 12.0 Å². The Hall–Kier alpha value is -0.900. The zero-order valence-corrected chi connectivity index (χ0v) is 12.5. The zero-order chi connectivity index (χ0) is 13.9. The summed E-state index contributed by atoms with van der Waals surface area (Å²) in [5.74, 6) is 0.490. The molecule has 3 heteroatoms. The maximum Gasteiger partial charge on any atom is 0.0594 e. The van der Waals surface area contributed by atoms with Crippen LogP contribution in [0.2, 0.25) is 0 Å². The number of nitrogens with zero attached hydrogens (tertiary/aromatic N) is 1. The number of hydrogen-bond acceptors (Lipinski definition) is 3. The van der Waals surface area contributed by atoms with Gasteiger partial charge in [-0.3, -0.25) is 4.90 Å². The average molecular weight is 274 g/mol. The van der Waals surface area contributed by atoms with Crippen molar-refractivity contribution in [2.45, 2.75) is 38.1 Å². The van der Waals surface area contributed by atoms with Gasteiger partial charge in [0, 0.05) is 25.7 Å². The highest BCUT2D eigenvalue weighted by atomic mass is 16.5. The molecule has 1 saturated heterocycles. The molecule has 3 rings (SSSR count). The van der Waals surface area contributed by atoms with Crippen molar-refractivity contribution in [2.24, 2.45) is 5.73 Å². The second-order valence-electron chi connectivity index (χ2n) is 6.12. The minimum absolute atomic E-state index is 0.429. The Balaban J connectivity index is 1.77. The van der Waals surface area contributed by atoms with Crippen LogP contribution in [0.4, 0.5) is 0 Å². The highest BCUT2D eigenvalue weighted by Crippen LogP contribution is 2.29. The summed E-state index contributed by atoms with van der Waals surface area (Å²) in [5.41, 5.74) is 10.6. The molecule has 1 aliphatic carbocycles. The molecule has 2 atom stereocenters. The van der Waals surface area contributed by atoms with Gasteiger partial charge in [0.25, 0.3) is 0 Å². The lowest BCUT2D eigenvalue weighted by Crippen LogP contribution is -2.49. The third-order valence-electron chi connectivity index (χ3n) is 4.98. The molecular formula is C17H26N2O. The third kappa shape index (κ3) is 2.76. The molecule has 1 heterocycles. The summed E-state index contributed by atoms with van der Waals surface area (Å²) in [7, 11) is 0. The lowest BCUT2D eigenvalue weighted by molar-refractivity contribution is 0.0136. The molecule has 0 spiro atoms. The number of nitrogens with two attached hydrogens (primary N) is 1. The second-order valence-corrected chi connectivity index (χ2v) is 6.12. The van der Waals surface area contributed by atoms with Crippen LogP contribution in [-0.2, 0) is 17.6 Å². The molecule has 2 unspecified atom stereocenters. The van der Waals surface area contributed by atoms with Crippen LogP contribution in [-0.4, -0.2) is 43.8 Å². The van der Waals surface area contributed by atoms with E-state index >= 15 is 0 Å². The van der Waals surface area contributed by atoms with E-state index in [1.807, 2.05) is 0 Å². The molecule has 1 aromatic rings. The van der Waals surface area contributed by atoms with Crippen LogP contribution in [0.25, 0.3) is 0 Å². The quantitative estimate of drug-likeness (QED) is 0.912. The van der Waals surface area contributed by atoms with Crippen LogP contribution in [0.1, 0.15) is 36.0 Å². The fourth-order valence-corrected chi connectivity index (χ4v) is 3.68. The fourth-order valence-electron chi connectivity index (χ4n) is 3.68. The summed E-state index contributed by atoms with van der Waals surface area (Å²) in [6.07, 6.45) is 3.82. The summed E-state index contributed by atoms with van der Waals surface area (Å²) < 4.78 is 5.46. The summed E-state index contributed by atoms with van der Waals surface area (Å²) in [6.45, 7) is 6.75. The Morgan fingerprint density at radius 2 is 1.95 bits per heavy atom. The maximum absolute atomic E-state index is 6.07. The predicted molar refractivity (Wildman–Crippen MR) is 82.1 cm³/mol. The van der Waals surface area contributed by atoms with Crippen molar-refractivity contribution in [3.63, 3.8) is 0 Å². The summed E-state index contributed by atoms with van der Waals surface area (Å²) in [4.78, 5) is 2.50. The Kier molecular flexibility index (Phi) is 4.39. The predicted octanol–water partition coefficient (Wildman–Crippen LogP) is 1.94. The number of rotatable bonds is 4. The highest BCUT2D eigenvalue weighted by molar-refractivity contribution is 5.37. The first kappa shape index (κ1) is 14.1. The largest absolute Gasteiger partial charge is 0.379 e. The number of fused-ring (bicyclic) bond motifs is 1. The van der Waals surface area contributed by atoms with Crippen molar-refractivity contribution in [2.75, 3.05) is 32.8 Å². The molecule has 110 valence electrons. The van der Waals surface area contributed by atoms with Crippen LogP contribution >= 0.6 is 0 Å². The monoisotopic (exact) mass is 274 g/mol. The summed E-state index contributed by atoms with van der Waals surface area (Å²) in [5, 5.41) is 0. The van der Waals surface area contributed by atoms with Crippen molar-refractivity contribution in [3.8, 4) is 0 Å². The molecule has 0 bridgehead atoms. The second kappa shape index (κ2) is 6.25. The summed E-state index contributed by atoms with van der Waals surface area (Å²) in [6, 6.07) is 7.51. The molecule has 2 aliphatic rings. The lowest BCUT2D eigenvalue weighted by atomic mass is 9.90. The number of benzene rings is 1. The van der Waals surface area contributed by atoms with Gasteiger partial charge in [-0.25, -0.2) is 0 Å². The van der Waals surface area contributed by atoms with E-state index in [0.717, 1.165) is 32.8 Å². The van der Waals surface area contributed by atoms with Gasteiger partial charge in [-0.05, 0) is 41.9 Å². The van der Waals surface area contributed by atoms with Gasteiger partial charge < -0.3 is 10.5 Å². The van der Waals surface area contributed by atoms with Crippen molar-refractivity contribution >= 4 is 0 Å². The van der Waals surface area contributed by atoms with Crippen LogP contribution < -0.4 is 5.73 Å². The van der Waals surface area contributed by atoms with Crippen molar-refractivity contribution in [1.29, 1.82) is 0 Å². The topological polar surface area (TPSA) is 38.5 Å². The van der Waals surface area contributed by atoms with Crippen LogP contribution in [0.3, 0.4) is 0 Å². The molecule has 0 amide bonds. The van der Waals surface area contributed by atoms with Gasteiger partial charge in [-0.15, -0.1) is 0 Å². The van der Waals surface area contributed by atoms with Gasteiger partial charge in [-0.2, -0.15) is 0 Å². The van der Waals surface area contributed by atoms with Gasteiger partial charge in [0.15, 0.2) is 0 Å². The van der Waals surface area contributed by atoms with E-state index in [2.05, 4.69) is 30.0 Å². The Labute approximate surface area is 122 Å². The van der Waals surface area contributed by atoms with Gasteiger partial charge in [0.2, 0.25) is 0 Å².